The van der Waals surface area contributed by atoms with E-state index in [9.17, 15) is 5.11 Å². The van der Waals surface area contributed by atoms with E-state index < -0.39 is 0 Å². The van der Waals surface area contributed by atoms with Gasteiger partial charge in [0.05, 0.1) is 12.2 Å². The molecule has 76 valence electrons. The first-order chi connectivity index (χ1) is 6.66. The van der Waals surface area contributed by atoms with Gasteiger partial charge in [0.15, 0.2) is 6.29 Å². The number of phenols is 1. The average Bonchev–Trinajstić information content (AvgIpc) is 2.47. The fourth-order valence-corrected chi connectivity index (χ4v) is 1.47. The van der Waals surface area contributed by atoms with Gasteiger partial charge in [-0.2, -0.15) is 0 Å². The highest BCUT2D eigenvalue weighted by Gasteiger charge is 2.30. The van der Waals surface area contributed by atoms with Gasteiger partial charge >= 0.3 is 0 Å². The summed E-state index contributed by atoms with van der Waals surface area (Å²) in [6.45, 7) is 3.96. The minimum atomic E-state index is -0.341. The largest absolute Gasteiger partial charge is 0.508 e. The maximum atomic E-state index is 9.29. The summed E-state index contributed by atoms with van der Waals surface area (Å²) in [7, 11) is 0. The Bertz CT molecular complexity index is 314. The summed E-state index contributed by atoms with van der Waals surface area (Å²) in [6.07, 6.45) is -0.142. The molecule has 0 saturated carbocycles. The van der Waals surface area contributed by atoms with Crippen LogP contribution < -0.4 is 0 Å². The molecule has 1 saturated heterocycles. The van der Waals surface area contributed by atoms with Crippen LogP contribution in [-0.4, -0.2) is 17.3 Å². The fourth-order valence-electron chi connectivity index (χ4n) is 1.47. The predicted octanol–water partition coefficient (Wildman–Crippen LogP) is 2.21. The van der Waals surface area contributed by atoms with Gasteiger partial charge in [0.25, 0.3) is 0 Å². The molecule has 0 amide bonds. The van der Waals surface area contributed by atoms with Crippen LogP contribution in [0.15, 0.2) is 24.3 Å². The zero-order valence-corrected chi connectivity index (χ0v) is 8.31. The van der Waals surface area contributed by atoms with Crippen molar-refractivity contribution in [1.29, 1.82) is 0 Å². The minimum absolute atomic E-state index is 0.0994. The highest BCUT2D eigenvalue weighted by atomic mass is 16.7. The van der Waals surface area contributed by atoms with E-state index in [0.29, 0.717) is 0 Å². The molecule has 0 aromatic heterocycles. The Morgan fingerprint density at radius 2 is 1.79 bits per heavy atom. The van der Waals surface area contributed by atoms with Crippen LogP contribution >= 0.6 is 0 Å². The second kappa shape index (κ2) is 3.59. The van der Waals surface area contributed by atoms with Gasteiger partial charge in [-0.3, -0.25) is 0 Å². The Morgan fingerprint density at radius 1 is 1.14 bits per heavy atom. The molecule has 0 radical (unpaired) electrons. The van der Waals surface area contributed by atoms with E-state index in [-0.39, 0.29) is 24.2 Å². The number of phenolic OH excluding ortho intramolecular Hbond substituents is 1. The van der Waals surface area contributed by atoms with Gasteiger partial charge in [0.2, 0.25) is 0 Å². The van der Waals surface area contributed by atoms with E-state index in [1.165, 1.54) is 0 Å². The van der Waals surface area contributed by atoms with Crippen LogP contribution in [0.1, 0.15) is 25.7 Å². The first-order valence-electron chi connectivity index (χ1n) is 4.76. The quantitative estimate of drug-likeness (QED) is 0.745. The van der Waals surface area contributed by atoms with E-state index in [1.807, 2.05) is 19.9 Å². The topological polar surface area (TPSA) is 38.7 Å². The Labute approximate surface area is 83.3 Å². The normalized spacial score (nSPS) is 32.0. The summed E-state index contributed by atoms with van der Waals surface area (Å²) in [4.78, 5) is 0. The number of benzene rings is 1. The van der Waals surface area contributed by atoms with Crippen molar-refractivity contribution in [2.75, 3.05) is 0 Å². The van der Waals surface area contributed by atoms with E-state index in [2.05, 4.69) is 0 Å². The van der Waals surface area contributed by atoms with Gasteiger partial charge < -0.3 is 14.6 Å². The SMILES string of the molecule is CC1OC(c2cccc(O)c2)OC1C. The molecular formula is C11H14O3. The van der Waals surface area contributed by atoms with Crippen molar-refractivity contribution in [2.45, 2.75) is 32.3 Å². The van der Waals surface area contributed by atoms with Crippen LogP contribution in [0.4, 0.5) is 0 Å². The minimum Gasteiger partial charge on any atom is -0.508 e. The lowest BCUT2D eigenvalue weighted by Crippen LogP contribution is -2.13. The summed E-state index contributed by atoms with van der Waals surface area (Å²) in [5.74, 6) is 0.238. The lowest BCUT2D eigenvalue weighted by atomic mass is 10.2. The van der Waals surface area contributed by atoms with Gasteiger partial charge in [-0.05, 0) is 26.0 Å². The maximum Gasteiger partial charge on any atom is 0.184 e. The molecule has 2 rings (SSSR count). The molecule has 1 aliphatic rings. The monoisotopic (exact) mass is 194 g/mol. The molecule has 1 fully saturated rings. The van der Waals surface area contributed by atoms with Crippen LogP contribution in [0.3, 0.4) is 0 Å². The van der Waals surface area contributed by atoms with Crippen molar-refractivity contribution < 1.29 is 14.6 Å². The number of aromatic hydroxyl groups is 1. The fraction of sp³-hybridized carbons (Fsp3) is 0.455. The molecular weight excluding hydrogens is 180 g/mol. The summed E-state index contributed by atoms with van der Waals surface area (Å²) in [5, 5.41) is 9.29. The molecule has 1 aromatic carbocycles. The number of ether oxygens (including phenoxy) is 2. The molecule has 1 heterocycles. The second-order valence-electron chi connectivity index (χ2n) is 3.61. The molecule has 3 nitrogen and oxygen atoms in total. The van der Waals surface area contributed by atoms with Crippen molar-refractivity contribution >= 4 is 0 Å². The Kier molecular flexibility index (Phi) is 2.44. The van der Waals surface area contributed by atoms with Crippen LogP contribution in [-0.2, 0) is 9.47 Å². The second-order valence-corrected chi connectivity index (χ2v) is 3.61. The first-order valence-corrected chi connectivity index (χ1v) is 4.76. The summed E-state index contributed by atoms with van der Waals surface area (Å²) in [6, 6.07) is 6.96. The Hall–Kier alpha value is -1.06. The molecule has 1 aliphatic heterocycles. The lowest BCUT2D eigenvalue weighted by Gasteiger charge is -2.09. The Balaban J connectivity index is 2.17. The first kappa shape index (κ1) is 9.49. The van der Waals surface area contributed by atoms with Gasteiger partial charge in [0, 0.05) is 5.56 Å². The van der Waals surface area contributed by atoms with Crippen LogP contribution in [0.2, 0.25) is 0 Å². The molecule has 0 aliphatic carbocycles. The molecule has 0 spiro atoms. The van der Waals surface area contributed by atoms with Crippen LogP contribution in [0.5, 0.6) is 5.75 Å². The summed E-state index contributed by atoms with van der Waals surface area (Å²) in [5.41, 5.74) is 0.862. The zero-order chi connectivity index (χ0) is 10.1. The third-order valence-corrected chi connectivity index (χ3v) is 2.48. The van der Waals surface area contributed by atoms with E-state index in [1.54, 1.807) is 18.2 Å². The average molecular weight is 194 g/mol. The van der Waals surface area contributed by atoms with Gasteiger partial charge in [-0.25, -0.2) is 0 Å². The van der Waals surface area contributed by atoms with Crippen LogP contribution in [0.25, 0.3) is 0 Å². The van der Waals surface area contributed by atoms with Crippen molar-refractivity contribution in [2.24, 2.45) is 0 Å². The third-order valence-electron chi connectivity index (χ3n) is 2.48. The molecule has 2 unspecified atom stereocenters. The van der Waals surface area contributed by atoms with Gasteiger partial charge in [-0.1, -0.05) is 12.1 Å². The third kappa shape index (κ3) is 1.74. The number of hydrogen-bond acceptors (Lipinski definition) is 3. The van der Waals surface area contributed by atoms with E-state index in [4.69, 9.17) is 9.47 Å². The van der Waals surface area contributed by atoms with Crippen molar-refractivity contribution in [3.05, 3.63) is 29.8 Å². The highest BCUT2D eigenvalue weighted by molar-refractivity contribution is 5.28. The molecule has 14 heavy (non-hydrogen) atoms. The maximum absolute atomic E-state index is 9.29. The van der Waals surface area contributed by atoms with E-state index in [0.717, 1.165) is 5.56 Å². The zero-order valence-electron chi connectivity index (χ0n) is 8.31. The van der Waals surface area contributed by atoms with Gasteiger partial charge in [0.1, 0.15) is 5.75 Å². The standard InChI is InChI=1S/C11H14O3/c1-7-8(2)14-11(13-7)9-4-3-5-10(12)6-9/h3-8,11-12H,1-2H3. The molecule has 0 bridgehead atoms. The molecule has 1 N–H and O–H groups in total. The molecule has 3 heteroatoms. The number of rotatable bonds is 1. The smallest absolute Gasteiger partial charge is 0.184 e. The van der Waals surface area contributed by atoms with Crippen molar-refractivity contribution in [3.63, 3.8) is 0 Å². The van der Waals surface area contributed by atoms with Gasteiger partial charge in [-0.15, -0.1) is 0 Å². The molecule has 1 aromatic rings. The molecule has 2 atom stereocenters. The van der Waals surface area contributed by atoms with Crippen molar-refractivity contribution in [1.82, 2.24) is 0 Å². The Morgan fingerprint density at radius 3 is 2.36 bits per heavy atom. The van der Waals surface area contributed by atoms with E-state index >= 15 is 0 Å². The summed E-state index contributed by atoms with van der Waals surface area (Å²) >= 11 is 0. The predicted molar refractivity (Wildman–Crippen MR) is 51.9 cm³/mol. The summed E-state index contributed by atoms with van der Waals surface area (Å²) < 4.78 is 11.2. The van der Waals surface area contributed by atoms with Crippen LogP contribution in [0, 0.1) is 0 Å². The van der Waals surface area contributed by atoms with Crippen molar-refractivity contribution in [3.8, 4) is 5.75 Å². The highest BCUT2D eigenvalue weighted by Crippen LogP contribution is 2.31. The lowest BCUT2D eigenvalue weighted by molar-refractivity contribution is -0.0653. The number of hydrogen-bond donors (Lipinski definition) is 1.